The van der Waals surface area contributed by atoms with Crippen LogP contribution in [-0.2, 0) is 6.54 Å². The molecule has 0 spiro atoms. The van der Waals surface area contributed by atoms with E-state index in [9.17, 15) is 0 Å². The first kappa shape index (κ1) is 15.8. The summed E-state index contributed by atoms with van der Waals surface area (Å²) in [6.45, 7) is 12.0. The van der Waals surface area contributed by atoms with Crippen LogP contribution in [0.2, 0.25) is 0 Å². The lowest BCUT2D eigenvalue weighted by Crippen LogP contribution is -2.25. The summed E-state index contributed by atoms with van der Waals surface area (Å²) in [5, 5.41) is 3.52. The molecule has 0 bridgehead atoms. The van der Waals surface area contributed by atoms with E-state index in [1.165, 1.54) is 5.52 Å². The average molecular weight is 288 g/mol. The molecule has 2 rings (SSSR count). The van der Waals surface area contributed by atoms with Crippen LogP contribution in [-0.4, -0.2) is 40.6 Å². The molecule has 0 unspecified atom stereocenters. The van der Waals surface area contributed by atoms with Crippen LogP contribution in [0.1, 0.15) is 33.6 Å². The molecule has 1 aromatic heterocycles. The Morgan fingerprint density at radius 3 is 2.62 bits per heavy atom. The highest BCUT2D eigenvalue weighted by Gasteiger charge is 2.09. The Kier molecular flexibility index (Phi) is 6.05. The molecule has 1 N–H and O–H groups in total. The van der Waals surface area contributed by atoms with Crippen LogP contribution in [0.15, 0.2) is 24.3 Å². The molecule has 4 nitrogen and oxygen atoms in total. The topological polar surface area (TPSA) is 33.1 Å². The SMILES string of the molecule is CCCn1c(NCCCN(CC)CC)nc2ccccc21. The third-order valence-corrected chi connectivity index (χ3v) is 3.93. The van der Waals surface area contributed by atoms with E-state index >= 15 is 0 Å². The number of para-hydroxylation sites is 2. The van der Waals surface area contributed by atoms with Crippen molar-refractivity contribution < 1.29 is 0 Å². The standard InChI is InChI=1S/C17H28N4/c1-4-13-21-16-11-8-7-10-15(16)19-17(21)18-12-9-14-20(5-2)6-3/h7-8,10-11H,4-6,9,12-14H2,1-3H3,(H,18,19). The van der Waals surface area contributed by atoms with Crippen molar-refractivity contribution in [3.63, 3.8) is 0 Å². The minimum Gasteiger partial charge on any atom is -0.356 e. The molecule has 0 radical (unpaired) electrons. The van der Waals surface area contributed by atoms with Gasteiger partial charge in [0.05, 0.1) is 11.0 Å². The molecule has 21 heavy (non-hydrogen) atoms. The van der Waals surface area contributed by atoms with Gasteiger partial charge in [-0.05, 0) is 44.6 Å². The molecule has 1 heterocycles. The lowest BCUT2D eigenvalue weighted by atomic mass is 10.3. The monoisotopic (exact) mass is 288 g/mol. The maximum Gasteiger partial charge on any atom is 0.203 e. The fourth-order valence-electron chi connectivity index (χ4n) is 2.70. The Morgan fingerprint density at radius 2 is 1.90 bits per heavy atom. The summed E-state index contributed by atoms with van der Waals surface area (Å²) in [5.41, 5.74) is 2.31. The number of anilines is 1. The van der Waals surface area contributed by atoms with E-state index in [0.29, 0.717) is 0 Å². The zero-order valence-electron chi connectivity index (χ0n) is 13.6. The summed E-state index contributed by atoms with van der Waals surface area (Å²) in [7, 11) is 0. The molecule has 116 valence electrons. The van der Waals surface area contributed by atoms with Crippen molar-refractivity contribution in [3.05, 3.63) is 24.3 Å². The Balaban J connectivity index is 1.99. The van der Waals surface area contributed by atoms with Gasteiger partial charge in [0.25, 0.3) is 0 Å². The van der Waals surface area contributed by atoms with Crippen molar-refractivity contribution in [1.82, 2.24) is 14.5 Å². The molecule has 0 saturated carbocycles. The molecule has 0 fully saturated rings. The third kappa shape index (κ3) is 3.97. The zero-order valence-corrected chi connectivity index (χ0v) is 13.6. The molecule has 1 aromatic carbocycles. The smallest absolute Gasteiger partial charge is 0.203 e. The van der Waals surface area contributed by atoms with Crippen molar-refractivity contribution >= 4 is 17.0 Å². The normalized spacial score (nSPS) is 11.4. The molecule has 0 amide bonds. The number of rotatable bonds is 9. The minimum absolute atomic E-state index is 0.976. The number of fused-ring (bicyclic) bond motifs is 1. The second kappa shape index (κ2) is 8.03. The molecule has 2 aromatic rings. The molecule has 0 saturated heterocycles. The number of imidazole rings is 1. The Hall–Kier alpha value is -1.55. The van der Waals surface area contributed by atoms with Gasteiger partial charge in [0.2, 0.25) is 5.95 Å². The van der Waals surface area contributed by atoms with Crippen molar-refractivity contribution in [2.45, 2.75) is 40.2 Å². The van der Waals surface area contributed by atoms with Crippen LogP contribution in [0.3, 0.4) is 0 Å². The van der Waals surface area contributed by atoms with Gasteiger partial charge >= 0.3 is 0 Å². The predicted molar refractivity (Wildman–Crippen MR) is 90.9 cm³/mol. The number of hydrogen-bond donors (Lipinski definition) is 1. The number of nitrogens with one attached hydrogen (secondary N) is 1. The fourth-order valence-corrected chi connectivity index (χ4v) is 2.70. The van der Waals surface area contributed by atoms with Gasteiger partial charge in [-0.2, -0.15) is 0 Å². The summed E-state index contributed by atoms with van der Waals surface area (Å²) in [6.07, 6.45) is 2.27. The summed E-state index contributed by atoms with van der Waals surface area (Å²) in [4.78, 5) is 7.18. The van der Waals surface area contributed by atoms with Crippen LogP contribution in [0.5, 0.6) is 0 Å². The molecular weight excluding hydrogens is 260 g/mol. The molecular formula is C17H28N4. The number of benzene rings is 1. The van der Waals surface area contributed by atoms with Gasteiger partial charge in [0, 0.05) is 13.1 Å². The van der Waals surface area contributed by atoms with E-state index < -0.39 is 0 Å². The predicted octanol–water partition coefficient (Wildman–Crippen LogP) is 3.59. The Labute approximate surface area is 128 Å². The van der Waals surface area contributed by atoms with Crippen LogP contribution in [0.25, 0.3) is 11.0 Å². The molecule has 0 aliphatic rings. The number of aromatic nitrogens is 2. The second-order valence-corrected chi connectivity index (χ2v) is 5.38. The van der Waals surface area contributed by atoms with Gasteiger partial charge in [-0.25, -0.2) is 4.98 Å². The second-order valence-electron chi connectivity index (χ2n) is 5.38. The maximum absolute atomic E-state index is 4.73. The van der Waals surface area contributed by atoms with Crippen LogP contribution in [0.4, 0.5) is 5.95 Å². The lowest BCUT2D eigenvalue weighted by Gasteiger charge is -2.18. The highest BCUT2D eigenvalue weighted by Crippen LogP contribution is 2.19. The minimum atomic E-state index is 0.976. The summed E-state index contributed by atoms with van der Waals surface area (Å²) in [6, 6.07) is 8.37. The fraction of sp³-hybridized carbons (Fsp3) is 0.588. The Bertz CT molecular complexity index is 543. The van der Waals surface area contributed by atoms with Crippen LogP contribution >= 0.6 is 0 Å². The van der Waals surface area contributed by atoms with Crippen molar-refractivity contribution in [3.8, 4) is 0 Å². The van der Waals surface area contributed by atoms with Crippen molar-refractivity contribution in [2.75, 3.05) is 31.5 Å². The highest BCUT2D eigenvalue weighted by molar-refractivity contribution is 5.78. The van der Waals surface area contributed by atoms with Crippen molar-refractivity contribution in [1.29, 1.82) is 0 Å². The van der Waals surface area contributed by atoms with E-state index in [0.717, 1.165) is 57.0 Å². The largest absolute Gasteiger partial charge is 0.356 e. The van der Waals surface area contributed by atoms with Crippen LogP contribution < -0.4 is 5.32 Å². The van der Waals surface area contributed by atoms with E-state index in [4.69, 9.17) is 4.98 Å². The molecule has 0 aliphatic heterocycles. The number of aryl methyl sites for hydroxylation is 1. The first-order chi connectivity index (χ1) is 10.3. The van der Waals surface area contributed by atoms with Crippen LogP contribution in [0, 0.1) is 0 Å². The van der Waals surface area contributed by atoms with E-state index in [1.807, 2.05) is 0 Å². The molecule has 4 heteroatoms. The van der Waals surface area contributed by atoms with Gasteiger partial charge < -0.3 is 14.8 Å². The zero-order chi connectivity index (χ0) is 15.1. The number of nitrogens with zero attached hydrogens (tertiary/aromatic N) is 3. The quantitative estimate of drug-likeness (QED) is 0.716. The lowest BCUT2D eigenvalue weighted by molar-refractivity contribution is 0.303. The summed E-state index contributed by atoms with van der Waals surface area (Å²) >= 11 is 0. The van der Waals surface area contributed by atoms with Gasteiger partial charge in [0.15, 0.2) is 0 Å². The van der Waals surface area contributed by atoms with E-state index in [2.05, 4.69) is 59.8 Å². The maximum atomic E-state index is 4.73. The first-order valence-corrected chi connectivity index (χ1v) is 8.21. The van der Waals surface area contributed by atoms with E-state index in [1.54, 1.807) is 0 Å². The molecule has 0 aliphatic carbocycles. The van der Waals surface area contributed by atoms with E-state index in [-0.39, 0.29) is 0 Å². The summed E-state index contributed by atoms with van der Waals surface area (Å²) < 4.78 is 2.30. The van der Waals surface area contributed by atoms with Gasteiger partial charge in [0.1, 0.15) is 0 Å². The number of hydrogen-bond acceptors (Lipinski definition) is 3. The average Bonchev–Trinajstić information content (AvgIpc) is 2.86. The van der Waals surface area contributed by atoms with Gasteiger partial charge in [-0.15, -0.1) is 0 Å². The Morgan fingerprint density at radius 1 is 1.14 bits per heavy atom. The van der Waals surface area contributed by atoms with Gasteiger partial charge in [-0.1, -0.05) is 32.9 Å². The first-order valence-electron chi connectivity index (χ1n) is 8.21. The van der Waals surface area contributed by atoms with Crippen molar-refractivity contribution in [2.24, 2.45) is 0 Å². The highest BCUT2D eigenvalue weighted by atomic mass is 15.2. The summed E-state index contributed by atoms with van der Waals surface area (Å²) in [5.74, 6) is 1.01. The van der Waals surface area contributed by atoms with Gasteiger partial charge in [-0.3, -0.25) is 0 Å². The third-order valence-electron chi connectivity index (χ3n) is 3.93. The molecule has 0 atom stereocenters.